The predicted octanol–water partition coefficient (Wildman–Crippen LogP) is 0.712. The molecule has 0 radical (unpaired) electrons. The van der Waals surface area contributed by atoms with Crippen molar-refractivity contribution < 1.29 is 9.22 Å². The second kappa shape index (κ2) is 3.16. The lowest BCUT2D eigenvalue weighted by atomic mass is 10.4. The Kier molecular flexibility index (Phi) is 3.05. The van der Waals surface area contributed by atoms with Crippen molar-refractivity contribution in [1.82, 2.24) is 0 Å². The summed E-state index contributed by atoms with van der Waals surface area (Å²) in [6.45, 7) is 7.74. The zero-order valence-electron chi connectivity index (χ0n) is 6.97. The highest BCUT2D eigenvalue weighted by molar-refractivity contribution is 6.69. The van der Waals surface area contributed by atoms with E-state index in [2.05, 4.69) is 0 Å². The summed E-state index contributed by atoms with van der Waals surface area (Å²) >= 11 is 0. The van der Waals surface area contributed by atoms with Crippen LogP contribution < -0.4 is 5.73 Å². The van der Waals surface area contributed by atoms with Gasteiger partial charge in [0.25, 0.3) is 0 Å². The first-order valence-corrected chi connectivity index (χ1v) is 6.71. The average molecular weight is 161 g/mol. The summed E-state index contributed by atoms with van der Waals surface area (Å²) < 4.78 is 5.36. The van der Waals surface area contributed by atoms with Gasteiger partial charge >= 0.3 is 0 Å². The Labute approximate surface area is 62.7 Å². The molecule has 0 aromatic rings. The highest BCUT2D eigenvalue weighted by Gasteiger charge is 2.20. The second-order valence-electron chi connectivity index (χ2n) is 3.27. The van der Waals surface area contributed by atoms with Crippen LogP contribution in [0, 0.1) is 0 Å². The molecular formula is C6H15NO2Si. The summed E-state index contributed by atoms with van der Waals surface area (Å²) in [7, 11) is -1.58. The fourth-order valence-electron chi connectivity index (χ4n) is 0.588. The number of nitrogens with two attached hydrogens (primary N) is 1. The Balaban J connectivity index is 3.80. The molecule has 2 N–H and O–H groups in total. The predicted molar refractivity (Wildman–Crippen MR) is 43.1 cm³/mol. The Hall–Kier alpha value is -0.353. The van der Waals surface area contributed by atoms with Gasteiger partial charge in [-0.2, -0.15) is 0 Å². The van der Waals surface area contributed by atoms with E-state index in [1.807, 2.05) is 19.6 Å². The fourth-order valence-corrected chi connectivity index (χ4v) is 1.77. The molecule has 1 atom stereocenters. The quantitative estimate of drug-likeness (QED) is 0.620. The molecule has 0 aromatic heterocycles. The standard InChI is InChI=1S/C6H15NO2Si/c1-5(6(7)8)9-10(2,3)4/h5H,1-4H3,(H2,7,8). The molecule has 0 rings (SSSR count). The SMILES string of the molecule is CC(O[Si](C)(C)C)C(N)=O. The molecule has 0 aliphatic heterocycles. The molecule has 1 unspecified atom stereocenters. The molecule has 0 saturated carbocycles. The van der Waals surface area contributed by atoms with Crippen LogP contribution in [0.1, 0.15) is 6.92 Å². The minimum atomic E-state index is -1.58. The fraction of sp³-hybridized carbons (Fsp3) is 0.833. The lowest BCUT2D eigenvalue weighted by molar-refractivity contribution is -0.124. The average Bonchev–Trinajstić information content (AvgIpc) is 1.60. The molecule has 0 bridgehead atoms. The molecule has 0 spiro atoms. The van der Waals surface area contributed by atoms with E-state index in [4.69, 9.17) is 10.2 Å². The van der Waals surface area contributed by atoms with Gasteiger partial charge in [-0.25, -0.2) is 0 Å². The second-order valence-corrected chi connectivity index (χ2v) is 7.74. The van der Waals surface area contributed by atoms with Crippen LogP contribution in [-0.2, 0) is 9.22 Å². The first-order chi connectivity index (χ1) is 4.33. The van der Waals surface area contributed by atoms with E-state index in [0.29, 0.717) is 0 Å². The Morgan fingerprint density at radius 1 is 1.50 bits per heavy atom. The number of carbonyl (C=O) groups excluding carboxylic acids is 1. The van der Waals surface area contributed by atoms with E-state index >= 15 is 0 Å². The van der Waals surface area contributed by atoms with Gasteiger partial charge in [0.2, 0.25) is 5.91 Å². The van der Waals surface area contributed by atoms with Crippen LogP contribution in [0.3, 0.4) is 0 Å². The molecule has 0 aromatic carbocycles. The molecule has 0 aliphatic rings. The highest BCUT2D eigenvalue weighted by atomic mass is 28.4. The smallest absolute Gasteiger partial charge is 0.245 e. The zero-order valence-corrected chi connectivity index (χ0v) is 7.97. The molecule has 10 heavy (non-hydrogen) atoms. The summed E-state index contributed by atoms with van der Waals surface area (Å²) in [6.07, 6.45) is -0.438. The number of amides is 1. The van der Waals surface area contributed by atoms with Gasteiger partial charge in [0.05, 0.1) is 0 Å². The van der Waals surface area contributed by atoms with E-state index in [-0.39, 0.29) is 5.91 Å². The van der Waals surface area contributed by atoms with Crippen molar-refractivity contribution in [3.05, 3.63) is 0 Å². The maximum Gasteiger partial charge on any atom is 0.245 e. The van der Waals surface area contributed by atoms with E-state index in [0.717, 1.165) is 0 Å². The number of primary amides is 1. The van der Waals surface area contributed by atoms with Gasteiger partial charge in [0.15, 0.2) is 8.32 Å². The van der Waals surface area contributed by atoms with Gasteiger partial charge in [0.1, 0.15) is 6.10 Å². The van der Waals surface area contributed by atoms with Gasteiger partial charge < -0.3 is 10.2 Å². The third-order valence-electron chi connectivity index (χ3n) is 0.931. The maximum atomic E-state index is 10.5. The summed E-state index contributed by atoms with van der Waals surface area (Å²) in [4.78, 5) is 10.5. The number of hydrogen-bond acceptors (Lipinski definition) is 2. The normalized spacial score (nSPS) is 14.8. The summed E-state index contributed by atoms with van der Waals surface area (Å²) in [5.74, 6) is -0.387. The molecule has 0 heterocycles. The van der Waals surface area contributed by atoms with E-state index in [1.54, 1.807) is 6.92 Å². The molecule has 0 fully saturated rings. The van der Waals surface area contributed by atoms with Gasteiger partial charge in [0, 0.05) is 0 Å². The number of rotatable bonds is 3. The topological polar surface area (TPSA) is 52.3 Å². The first-order valence-electron chi connectivity index (χ1n) is 3.30. The molecule has 60 valence electrons. The van der Waals surface area contributed by atoms with Crippen molar-refractivity contribution in [2.45, 2.75) is 32.7 Å². The van der Waals surface area contributed by atoms with Crippen LogP contribution in [0.4, 0.5) is 0 Å². The largest absolute Gasteiger partial charge is 0.406 e. The van der Waals surface area contributed by atoms with Gasteiger partial charge in [-0.15, -0.1) is 0 Å². The molecule has 4 heteroatoms. The molecule has 0 aliphatic carbocycles. The Morgan fingerprint density at radius 3 is 2.00 bits per heavy atom. The summed E-state index contributed by atoms with van der Waals surface area (Å²) in [5.41, 5.74) is 5.00. The van der Waals surface area contributed by atoms with Crippen LogP contribution in [0.15, 0.2) is 0 Å². The van der Waals surface area contributed by atoms with Crippen molar-refractivity contribution in [2.75, 3.05) is 0 Å². The van der Waals surface area contributed by atoms with E-state index < -0.39 is 14.4 Å². The van der Waals surface area contributed by atoms with Crippen molar-refractivity contribution in [2.24, 2.45) is 5.73 Å². The van der Waals surface area contributed by atoms with Crippen LogP contribution in [0.5, 0.6) is 0 Å². The molecule has 3 nitrogen and oxygen atoms in total. The van der Waals surface area contributed by atoms with Crippen LogP contribution in [-0.4, -0.2) is 20.3 Å². The van der Waals surface area contributed by atoms with Crippen LogP contribution >= 0.6 is 0 Å². The first kappa shape index (κ1) is 9.65. The highest BCUT2D eigenvalue weighted by Crippen LogP contribution is 2.05. The third kappa shape index (κ3) is 4.52. The number of carbonyl (C=O) groups is 1. The summed E-state index contributed by atoms with van der Waals surface area (Å²) in [5, 5.41) is 0. The van der Waals surface area contributed by atoms with Crippen molar-refractivity contribution in [3.63, 3.8) is 0 Å². The molecule has 1 amide bonds. The van der Waals surface area contributed by atoms with Crippen molar-refractivity contribution in [3.8, 4) is 0 Å². The van der Waals surface area contributed by atoms with Crippen molar-refractivity contribution >= 4 is 14.2 Å². The number of hydrogen-bond donors (Lipinski definition) is 1. The minimum absolute atomic E-state index is 0.387. The third-order valence-corrected chi connectivity index (χ3v) is 1.99. The lowest BCUT2D eigenvalue weighted by Gasteiger charge is -2.20. The lowest BCUT2D eigenvalue weighted by Crippen LogP contribution is -2.38. The van der Waals surface area contributed by atoms with E-state index in [1.165, 1.54) is 0 Å². The Morgan fingerprint density at radius 2 is 1.90 bits per heavy atom. The summed E-state index contributed by atoms with van der Waals surface area (Å²) in [6, 6.07) is 0. The maximum absolute atomic E-state index is 10.5. The van der Waals surface area contributed by atoms with Gasteiger partial charge in [-0.05, 0) is 26.6 Å². The monoisotopic (exact) mass is 161 g/mol. The molecule has 0 saturated heterocycles. The zero-order chi connectivity index (χ0) is 8.36. The van der Waals surface area contributed by atoms with Gasteiger partial charge in [-0.3, -0.25) is 4.79 Å². The van der Waals surface area contributed by atoms with Crippen LogP contribution in [0.25, 0.3) is 0 Å². The van der Waals surface area contributed by atoms with Crippen molar-refractivity contribution in [1.29, 1.82) is 0 Å². The van der Waals surface area contributed by atoms with E-state index in [9.17, 15) is 4.79 Å². The molecular weight excluding hydrogens is 146 g/mol. The van der Waals surface area contributed by atoms with Crippen LogP contribution in [0.2, 0.25) is 19.6 Å². The Bertz CT molecular complexity index is 130. The minimum Gasteiger partial charge on any atom is -0.406 e. The van der Waals surface area contributed by atoms with Gasteiger partial charge in [-0.1, -0.05) is 0 Å².